The molecule has 0 spiro atoms. The number of aromatic hydroxyl groups is 1. The lowest BCUT2D eigenvalue weighted by Crippen LogP contribution is -2.30. The van der Waals surface area contributed by atoms with Crippen molar-refractivity contribution in [3.8, 4) is 5.75 Å². The number of aryl methyl sites for hydroxylation is 2. The van der Waals surface area contributed by atoms with Crippen LogP contribution in [0.1, 0.15) is 60.8 Å². The normalized spacial score (nSPS) is 22.3. The van der Waals surface area contributed by atoms with Crippen LogP contribution in [0.25, 0.3) is 10.8 Å². The van der Waals surface area contributed by atoms with Gasteiger partial charge in [-0.05, 0) is 60.6 Å². The molecular formula is C29H30O4. The van der Waals surface area contributed by atoms with Crippen molar-refractivity contribution in [2.24, 2.45) is 5.92 Å². The molecule has 5 rings (SSSR count). The van der Waals surface area contributed by atoms with E-state index in [-0.39, 0.29) is 23.6 Å². The number of ether oxygens (including phenoxy) is 2. The molecule has 170 valence electrons. The van der Waals surface area contributed by atoms with Gasteiger partial charge in [0.2, 0.25) is 0 Å². The molecule has 1 aliphatic carbocycles. The van der Waals surface area contributed by atoms with Gasteiger partial charge < -0.3 is 19.4 Å². The molecule has 0 radical (unpaired) electrons. The Bertz CT molecular complexity index is 1190. The van der Waals surface area contributed by atoms with Gasteiger partial charge in [0, 0.05) is 23.5 Å². The highest BCUT2D eigenvalue weighted by molar-refractivity contribution is 5.93. The Morgan fingerprint density at radius 2 is 1.82 bits per heavy atom. The number of allylic oxidation sites excluding steroid dienone is 2. The number of benzene rings is 3. The second-order valence-electron chi connectivity index (χ2n) is 9.14. The van der Waals surface area contributed by atoms with Gasteiger partial charge in [-0.25, -0.2) is 0 Å². The summed E-state index contributed by atoms with van der Waals surface area (Å²) >= 11 is 0. The summed E-state index contributed by atoms with van der Waals surface area (Å²) in [5, 5.41) is 13.1. The van der Waals surface area contributed by atoms with E-state index in [9.17, 15) is 9.90 Å². The van der Waals surface area contributed by atoms with Gasteiger partial charge in [0.25, 0.3) is 0 Å². The highest BCUT2D eigenvalue weighted by atomic mass is 16.7. The molecule has 0 amide bonds. The first-order valence-corrected chi connectivity index (χ1v) is 11.8. The van der Waals surface area contributed by atoms with Crippen LogP contribution in [0, 0.1) is 5.92 Å². The van der Waals surface area contributed by atoms with Crippen molar-refractivity contribution in [1.29, 1.82) is 0 Å². The van der Waals surface area contributed by atoms with Crippen molar-refractivity contribution in [1.82, 2.24) is 0 Å². The van der Waals surface area contributed by atoms with E-state index in [0.29, 0.717) is 13.0 Å². The fourth-order valence-corrected chi connectivity index (χ4v) is 5.14. The molecule has 0 aromatic heterocycles. The van der Waals surface area contributed by atoms with Gasteiger partial charge in [-0.1, -0.05) is 60.7 Å². The average molecular weight is 443 g/mol. The first-order valence-electron chi connectivity index (χ1n) is 11.8. The van der Waals surface area contributed by atoms with Gasteiger partial charge in [0.15, 0.2) is 6.29 Å². The molecular weight excluding hydrogens is 412 g/mol. The van der Waals surface area contributed by atoms with E-state index in [2.05, 4.69) is 42.5 Å². The third kappa shape index (κ3) is 4.46. The van der Waals surface area contributed by atoms with Gasteiger partial charge in [-0.2, -0.15) is 0 Å². The predicted molar refractivity (Wildman–Crippen MR) is 129 cm³/mol. The quantitative estimate of drug-likeness (QED) is 0.433. The number of para-hydroxylation sites is 1. The summed E-state index contributed by atoms with van der Waals surface area (Å²) in [7, 11) is 0. The maximum atomic E-state index is 11.2. The molecule has 1 heterocycles. The molecule has 1 fully saturated rings. The molecule has 0 saturated carbocycles. The Morgan fingerprint density at radius 3 is 2.64 bits per heavy atom. The highest BCUT2D eigenvalue weighted by Gasteiger charge is 2.35. The van der Waals surface area contributed by atoms with Gasteiger partial charge in [-0.15, -0.1) is 0 Å². The van der Waals surface area contributed by atoms with E-state index in [1.54, 1.807) is 13.0 Å². The second-order valence-corrected chi connectivity index (χ2v) is 9.14. The number of carbonyl (C=O) groups excluding carboxylic acids is 1. The van der Waals surface area contributed by atoms with E-state index in [1.807, 2.05) is 18.2 Å². The highest BCUT2D eigenvalue weighted by Crippen LogP contribution is 2.45. The molecule has 3 aromatic rings. The second kappa shape index (κ2) is 9.50. The molecule has 4 nitrogen and oxygen atoms in total. The molecule has 0 unspecified atom stereocenters. The lowest BCUT2D eigenvalue weighted by Gasteiger charge is -2.37. The molecule has 1 N–H and O–H groups in total. The third-order valence-corrected chi connectivity index (χ3v) is 6.84. The lowest BCUT2D eigenvalue weighted by atomic mass is 9.91. The largest absolute Gasteiger partial charge is 0.508 e. The van der Waals surface area contributed by atoms with Crippen LogP contribution in [0.5, 0.6) is 5.75 Å². The van der Waals surface area contributed by atoms with Crippen molar-refractivity contribution in [2.45, 2.75) is 51.4 Å². The molecule has 3 atom stereocenters. The SMILES string of the molecule is CC(=O)CC/C=C\C[C@@H]1CO[C@H](c2ccc3c4c(cccc24)CC3)O[C@@H]1c1ccccc1O. The number of rotatable bonds is 7. The Morgan fingerprint density at radius 1 is 1.00 bits per heavy atom. The minimum absolute atomic E-state index is 0.0694. The summed E-state index contributed by atoms with van der Waals surface area (Å²) in [5.74, 6) is 0.512. The van der Waals surface area contributed by atoms with Crippen molar-refractivity contribution in [2.75, 3.05) is 6.61 Å². The summed E-state index contributed by atoms with van der Waals surface area (Å²) in [6, 6.07) is 18.2. The number of carbonyl (C=O) groups is 1. The summed E-state index contributed by atoms with van der Waals surface area (Å²) in [5.41, 5.74) is 4.63. The van der Waals surface area contributed by atoms with Crippen LogP contribution in [-0.2, 0) is 27.1 Å². The zero-order valence-electron chi connectivity index (χ0n) is 19.0. The molecule has 3 aromatic carbocycles. The summed E-state index contributed by atoms with van der Waals surface area (Å²) < 4.78 is 12.9. The zero-order chi connectivity index (χ0) is 22.8. The van der Waals surface area contributed by atoms with Crippen molar-refractivity contribution < 1.29 is 19.4 Å². The number of phenolic OH excluding ortho intramolecular Hbond substituents is 1. The maximum Gasteiger partial charge on any atom is 0.185 e. The van der Waals surface area contributed by atoms with Crippen LogP contribution >= 0.6 is 0 Å². The maximum absolute atomic E-state index is 11.2. The number of hydrogen-bond acceptors (Lipinski definition) is 4. The zero-order valence-corrected chi connectivity index (χ0v) is 19.0. The number of hydrogen-bond donors (Lipinski definition) is 1. The van der Waals surface area contributed by atoms with Crippen LogP contribution in [0.2, 0.25) is 0 Å². The van der Waals surface area contributed by atoms with E-state index in [1.165, 1.54) is 21.9 Å². The van der Waals surface area contributed by atoms with Crippen LogP contribution in [0.4, 0.5) is 0 Å². The number of phenols is 1. The third-order valence-electron chi connectivity index (χ3n) is 6.84. The molecule has 4 heteroatoms. The summed E-state index contributed by atoms with van der Waals surface area (Å²) in [4.78, 5) is 11.2. The van der Waals surface area contributed by atoms with E-state index in [4.69, 9.17) is 9.47 Å². The molecule has 1 aliphatic heterocycles. The van der Waals surface area contributed by atoms with E-state index >= 15 is 0 Å². The Balaban J connectivity index is 1.42. The molecule has 1 saturated heterocycles. The summed E-state index contributed by atoms with van der Waals surface area (Å²) in [6.07, 6.45) is 7.61. The predicted octanol–water partition coefficient (Wildman–Crippen LogP) is 6.36. The Hall–Kier alpha value is -2.95. The van der Waals surface area contributed by atoms with Gasteiger partial charge in [0.05, 0.1) is 12.7 Å². The molecule has 33 heavy (non-hydrogen) atoms. The first-order chi connectivity index (χ1) is 16.1. The minimum atomic E-state index is -0.488. The first kappa shape index (κ1) is 21.9. The Kier molecular flexibility index (Phi) is 6.30. The fourth-order valence-electron chi connectivity index (χ4n) is 5.14. The van der Waals surface area contributed by atoms with Crippen molar-refractivity contribution in [3.05, 3.63) is 89.0 Å². The van der Waals surface area contributed by atoms with Gasteiger partial charge >= 0.3 is 0 Å². The number of ketones is 1. The van der Waals surface area contributed by atoms with E-state index < -0.39 is 6.29 Å². The minimum Gasteiger partial charge on any atom is -0.508 e. The van der Waals surface area contributed by atoms with Crippen LogP contribution < -0.4 is 0 Å². The van der Waals surface area contributed by atoms with E-state index in [0.717, 1.165) is 36.8 Å². The van der Waals surface area contributed by atoms with Crippen LogP contribution in [0.3, 0.4) is 0 Å². The van der Waals surface area contributed by atoms with Crippen molar-refractivity contribution >= 4 is 16.6 Å². The average Bonchev–Trinajstić information content (AvgIpc) is 3.24. The topological polar surface area (TPSA) is 55.8 Å². The lowest BCUT2D eigenvalue weighted by molar-refractivity contribution is -0.243. The van der Waals surface area contributed by atoms with Crippen LogP contribution in [-0.4, -0.2) is 17.5 Å². The monoisotopic (exact) mass is 442 g/mol. The van der Waals surface area contributed by atoms with Gasteiger partial charge in [-0.3, -0.25) is 0 Å². The smallest absolute Gasteiger partial charge is 0.185 e. The standard InChI is InChI=1S/C29H30O4/c1-19(30)8-3-2-4-9-22-18-32-29(33-28(22)25-11-5-6-13-26(25)31)24-17-16-21-15-14-20-10-7-12-23(24)27(20)21/h2,4-7,10-13,16-17,22,28-29,31H,3,8-9,14-15,18H2,1H3/b4-2-/t22-,28+,29+/m1/s1. The number of Topliss-reactive ketones (excluding diaryl/α,β-unsaturated/α-hetero) is 1. The van der Waals surface area contributed by atoms with Gasteiger partial charge in [0.1, 0.15) is 11.5 Å². The van der Waals surface area contributed by atoms with Crippen molar-refractivity contribution in [3.63, 3.8) is 0 Å². The summed E-state index contributed by atoms with van der Waals surface area (Å²) in [6.45, 7) is 2.15. The molecule has 0 bridgehead atoms. The fraction of sp³-hybridized carbons (Fsp3) is 0.345. The van der Waals surface area contributed by atoms with Crippen LogP contribution in [0.15, 0.2) is 66.7 Å². The Labute approximate surface area is 194 Å². The molecule has 2 aliphatic rings.